The Morgan fingerprint density at radius 1 is 0.944 bits per heavy atom. The molecule has 106 valence electrons. The lowest BCUT2D eigenvalue weighted by atomic mass is 9.91. The molecule has 0 spiro atoms. The zero-order chi connectivity index (χ0) is 13.6. The third-order valence-corrected chi connectivity index (χ3v) is 4.06. The molecule has 0 aromatic rings. The van der Waals surface area contributed by atoms with Crippen molar-refractivity contribution in [3.8, 4) is 0 Å². The van der Waals surface area contributed by atoms with Crippen LogP contribution in [0.15, 0.2) is 0 Å². The smallest absolute Gasteiger partial charge is 0.0639 e. The van der Waals surface area contributed by atoms with E-state index in [1.54, 1.807) is 0 Å². The van der Waals surface area contributed by atoms with Gasteiger partial charge >= 0.3 is 0 Å². The number of hydrogen-bond acceptors (Lipinski definition) is 3. The lowest BCUT2D eigenvalue weighted by Gasteiger charge is -2.50. The first-order valence-electron chi connectivity index (χ1n) is 7.27. The number of nitrogens with zero attached hydrogens (tertiary/aromatic N) is 2. The van der Waals surface area contributed by atoms with Crippen LogP contribution in [0, 0.1) is 5.41 Å². The summed E-state index contributed by atoms with van der Waals surface area (Å²) >= 11 is 0. The van der Waals surface area contributed by atoms with E-state index in [0.29, 0.717) is 17.5 Å². The average Bonchev–Trinajstić information content (AvgIpc) is 2.62. The number of hydrogen-bond donors (Lipinski definition) is 0. The van der Waals surface area contributed by atoms with E-state index in [0.717, 1.165) is 13.2 Å². The minimum Gasteiger partial charge on any atom is -0.378 e. The highest BCUT2D eigenvalue weighted by molar-refractivity contribution is 4.99. The minimum atomic E-state index is 0.254. The van der Waals surface area contributed by atoms with Gasteiger partial charge in [-0.15, -0.1) is 0 Å². The van der Waals surface area contributed by atoms with Gasteiger partial charge in [0.05, 0.1) is 25.3 Å². The number of ether oxygens (including phenoxy) is 1. The van der Waals surface area contributed by atoms with Gasteiger partial charge in [-0.05, 0) is 26.2 Å². The molecule has 0 amide bonds. The maximum Gasteiger partial charge on any atom is 0.0639 e. The summed E-state index contributed by atoms with van der Waals surface area (Å²) in [5.74, 6) is 0. The van der Waals surface area contributed by atoms with Crippen LogP contribution in [-0.2, 0) is 4.74 Å². The third-order valence-electron chi connectivity index (χ3n) is 4.06. The summed E-state index contributed by atoms with van der Waals surface area (Å²) in [6.07, 6.45) is 0. The Morgan fingerprint density at radius 3 is 2.11 bits per heavy atom. The number of fused-ring (bicyclic) bond motifs is 1. The molecule has 2 atom stereocenters. The maximum atomic E-state index is 5.78. The molecule has 2 aliphatic rings. The van der Waals surface area contributed by atoms with Crippen LogP contribution in [0.5, 0.6) is 0 Å². The van der Waals surface area contributed by atoms with Crippen LogP contribution in [0.3, 0.4) is 0 Å². The predicted molar refractivity (Wildman–Crippen MR) is 75.9 cm³/mol. The second kappa shape index (κ2) is 4.77. The van der Waals surface area contributed by atoms with E-state index in [1.165, 1.54) is 19.6 Å². The number of piperazine rings is 1. The van der Waals surface area contributed by atoms with Crippen LogP contribution < -0.4 is 0 Å². The van der Waals surface area contributed by atoms with E-state index in [4.69, 9.17) is 4.74 Å². The second-order valence-electron chi connectivity index (χ2n) is 8.07. The highest BCUT2D eigenvalue weighted by atomic mass is 16.5. The summed E-state index contributed by atoms with van der Waals surface area (Å²) in [5, 5.41) is 0. The van der Waals surface area contributed by atoms with Gasteiger partial charge in [0, 0.05) is 25.2 Å². The Kier molecular flexibility index (Phi) is 3.79. The Hall–Kier alpha value is -0.120. The molecule has 0 N–H and O–H groups in total. The molecule has 2 fully saturated rings. The zero-order valence-corrected chi connectivity index (χ0v) is 13.0. The maximum absolute atomic E-state index is 5.78. The van der Waals surface area contributed by atoms with Gasteiger partial charge in [-0.1, -0.05) is 20.8 Å². The monoisotopic (exact) mass is 254 g/mol. The van der Waals surface area contributed by atoms with Gasteiger partial charge in [0.15, 0.2) is 0 Å². The lowest BCUT2D eigenvalue weighted by Crippen LogP contribution is -2.64. The molecule has 2 aliphatic heterocycles. The van der Waals surface area contributed by atoms with Crippen molar-refractivity contribution in [1.29, 1.82) is 0 Å². The van der Waals surface area contributed by atoms with Gasteiger partial charge in [0.25, 0.3) is 0 Å². The molecule has 0 saturated carbocycles. The Balaban J connectivity index is 2.09. The molecule has 2 saturated heterocycles. The first-order valence-corrected chi connectivity index (χ1v) is 7.27. The third kappa shape index (κ3) is 3.06. The molecule has 3 nitrogen and oxygen atoms in total. The fraction of sp³-hybridized carbons (Fsp3) is 1.00. The molecular formula is C15H30N2O. The summed E-state index contributed by atoms with van der Waals surface area (Å²) in [6.45, 7) is 19.3. The Morgan fingerprint density at radius 2 is 1.56 bits per heavy atom. The van der Waals surface area contributed by atoms with Crippen molar-refractivity contribution < 1.29 is 4.74 Å². The first-order chi connectivity index (χ1) is 8.18. The molecule has 0 aromatic heterocycles. The molecule has 2 rings (SSSR count). The normalized spacial score (nSPS) is 31.7. The molecule has 0 bridgehead atoms. The highest BCUT2D eigenvalue weighted by Gasteiger charge is 2.44. The standard InChI is InChI=1S/C15H30N2O/c1-14(2,3)11-16-7-8-17(15(4,5)6)13-10-18-9-12(13)16/h12-13H,7-11H2,1-6H3. The van der Waals surface area contributed by atoms with Gasteiger partial charge in [0.2, 0.25) is 0 Å². The quantitative estimate of drug-likeness (QED) is 0.713. The van der Waals surface area contributed by atoms with Crippen LogP contribution in [0.4, 0.5) is 0 Å². The summed E-state index contributed by atoms with van der Waals surface area (Å²) < 4.78 is 5.78. The van der Waals surface area contributed by atoms with Gasteiger partial charge in [-0.25, -0.2) is 0 Å². The van der Waals surface area contributed by atoms with Crippen LogP contribution >= 0.6 is 0 Å². The fourth-order valence-corrected chi connectivity index (χ4v) is 3.38. The van der Waals surface area contributed by atoms with Crippen LogP contribution in [0.25, 0.3) is 0 Å². The molecular weight excluding hydrogens is 224 g/mol. The molecule has 2 unspecified atom stereocenters. The molecule has 2 heterocycles. The van der Waals surface area contributed by atoms with Gasteiger partial charge < -0.3 is 4.74 Å². The van der Waals surface area contributed by atoms with Crippen molar-refractivity contribution in [2.75, 3.05) is 32.8 Å². The SMILES string of the molecule is CC(C)(C)CN1CCN(C(C)(C)C)C2COCC21. The second-order valence-corrected chi connectivity index (χ2v) is 8.07. The molecule has 0 aromatic carbocycles. The van der Waals surface area contributed by atoms with Gasteiger partial charge in [-0.3, -0.25) is 9.80 Å². The molecule has 3 heteroatoms. The van der Waals surface area contributed by atoms with E-state index >= 15 is 0 Å². The largest absolute Gasteiger partial charge is 0.378 e. The van der Waals surface area contributed by atoms with Crippen molar-refractivity contribution in [3.05, 3.63) is 0 Å². The van der Waals surface area contributed by atoms with Crippen LogP contribution in [-0.4, -0.2) is 60.3 Å². The predicted octanol–water partition coefficient (Wildman–Crippen LogP) is 2.22. The van der Waals surface area contributed by atoms with E-state index in [1.807, 2.05) is 0 Å². The highest BCUT2D eigenvalue weighted by Crippen LogP contribution is 2.31. The molecule has 0 aliphatic carbocycles. The van der Waals surface area contributed by atoms with Crippen molar-refractivity contribution in [2.45, 2.75) is 59.2 Å². The van der Waals surface area contributed by atoms with Gasteiger partial charge in [0.1, 0.15) is 0 Å². The van der Waals surface area contributed by atoms with Crippen LogP contribution in [0.1, 0.15) is 41.5 Å². The topological polar surface area (TPSA) is 15.7 Å². The van der Waals surface area contributed by atoms with Crippen molar-refractivity contribution in [1.82, 2.24) is 9.80 Å². The van der Waals surface area contributed by atoms with E-state index < -0.39 is 0 Å². The summed E-state index contributed by atoms with van der Waals surface area (Å²) in [5.41, 5.74) is 0.626. The average molecular weight is 254 g/mol. The lowest BCUT2D eigenvalue weighted by molar-refractivity contribution is -0.0200. The molecule has 0 radical (unpaired) electrons. The first kappa shape index (κ1) is 14.3. The summed E-state index contributed by atoms with van der Waals surface area (Å²) in [7, 11) is 0. The Bertz CT molecular complexity index is 290. The summed E-state index contributed by atoms with van der Waals surface area (Å²) in [4.78, 5) is 5.30. The van der Waals surface area contributed by atoms with Crippen molar-refractivity contribution in [2.24, 2.45) is 5.41 Å². The Labute approximate surface area is 112 Å². The number of rotatable bonds is 1. The van der Waals surface area contributed by atoms with Crippen molar-refractivity contribution >= 4 is 0 Å². The van der Waals surface area contributed by atoms with E-state index in [9.17, 15) is 0 Å². The van der Waals surface area contributed by atoms with Crippen LogP contribution in [0.2, 0.25) is 0 Å². The van der Waals surface area contributed by atoms with E-state index in [2.05, 4.69) is 51.3 Å². The molecule has 18 heavy (non-hydrogen) atoms. The van der Waals surface area contributed by atoms with Gasteiger partial charge in [-0.2, -0.15) is 0 Å². The minimum absolute atomic E-state index is 0.254. The van der Waals surface area contributed by atoms with E-state index in [-0.39, 0.29) is 5.54 Å². The fourth-order valence-electron chi connectivity index (χ4n) is 3.38. The van der Waals surface area contributed by atoms with Crippen molar-refractivity contribution in [3.63, 3.8) is 0 Å². The summed E-state index contributed by atoms with van der Waals surface area (Å²) in [6, 6.07) is 1.18. The zero-order valence-electron chi connectivity index (χ0n) is 13.0.